The average Bonchev–Trinajstić information content (AvgIpc) is 3.07. The lowest BCUT2D eigenvalue weighted by atomic mass is 10.2. The van der Waals surface area contributed by atoms with E-state index in [0.29, 0.717) is 23.8 Å². The first-order valence-electron chi connectivity index (χ1n) is 7.02. The zero-order chi connectivity index (χ0) is 15.8. The molecule has 2 N–H and O–H groups in total. The monoisotopic (exact) mass is 301 g/mol. The second-order valence-corrected chi connectivity index (χ2v) is 4.54. The maximum absolute atomic E-state index is 11.7. The first-order chi connectivity index (χ1) is 10.7. The van der Waals surface area contributed by atoms with E-state index < -0.39 is 0 Å². The summed E-state index contributed by atoms with van der Waals surface area (Å²) in [5.41, 5.74) is 3.70. The minimum Gasteiger partial charge on any atom is -0.493 e. The van der Waals surface area contributed by atoms with Crippen LogP contribution < -0.4 is 14.9 Å². The summed E-state index contributed by atoms with van der Waals surface area (Å²) in [6.45, 7) is 2.68. The molecule has 1 amide bonds. The van der Waals surface area contributed by atoms with Crippen LogP contribution in [0.5, 0.6) is 11.5 Å². The van der Waals surface area contributed by atoms with Gasteiger partial charge < -0.3 is 14.5 Å². The minimum absolute atomic E-state index is 0.295. The number of aromatic amines is 1. The molecule has 22 heavy (non-hydrogen) atoms. The number of methoxy groups -OCH3 is 1. The molecule has 2 aromatic rings. The van der Waals surface area contributed by atoms with Gasteiger partial charge in [0.2, 0.25) is 0 Å². The molecule has 0 aliphatic carbocycles. The molecule has 1 aromatic heterocycles. The van der Waals surface area contributed by atoms with Gasteiger partial charge in [-0.25, -0.2) is 5.43 Å². The van der Waals surface area contributed by atoms with Gasteiger partial charge in [-0.15, -0.1) is 0 Å². The number of nitrogens with zero attached hydrogens (tertiary/aromatic N) is 1. The number of hydrazone groups is 1. The van der Waals surface area contributed by atoms with Crippen molar-refractivity contribution in [2.24, 2.45) is 5.10 Å². The van der Waals surface area contributed by atoms with E-state index in [9.17, 15) is 4.79 Å². The molecule has 0 atom stereocenters. The zero-order valence-corrected chi connectivity index (χ0v) is 12.6. The van der Waals surface area contributed by atoms with Crippen molar-refractivity contribution in [2.75, 3.05) is 13.7 Å². The highest BCUT2D eigenvalue weighted by Crippen LogP contribution is 2.27. The predicted molar refractivity (Wildman–Crippen MR) is 84.6 cm³/mol. The lowest BCUT2D eigenvalue weighted by molar-refractivity contribution is 0.0951. The maximum atomic E-state index is 11.7. The smallest absolute Gasteiger partial charge is 0.287 e. The highest BCUT2D eigenvalue weighted by molar-refractivity contribution is 5.93. The Balaban J connectivity index is 2.00. The largest absolute Gasteiger partial charge is 0.493 e. The first kappa shape index (κ1) is 15.6. The van der Waals surface area contributed by atoms with Crippen LogP contribution in [0.1, 0.15) is 29.4 Å². The number of hydrogen-bond acceptors (Lipinski definition) is 4. The Morgan fingerprint density at radius 1 is 1.36 bits per heavy atom. The highest BCUT2D eigenvalue weighted by Gasteiger charge is 2.05. The maximum Gasteiger partial charge on any atom is 0.287 e. The van der Waals surface area contributed by atoms with Crippen LogP contribution in [0.2, 0.25) is 0 Å². The summed E-state index contributed by atoms with van der Waals surface area (Å²) in [5.74, 6) is 1.03. The third kappa shape index (κ3) is 4.12. The van der Waals surface area contributed by atoms with E-state index in [0.717, 1.165) is 12.0 Å². The Hall–Kier alpha value is -2.76. The van der Waals surface area contributed by atoms with Crippen molar-refractivity contribution in [3.63, 3.8) is 0 Å². The topological polar surface area (TPSA) is 75.7 Å². The summed E-state index contributed by atoms with van der Waals surface area (Å²) in [5, 5.41) is 3.92. The molecule has 0 unspecified atom stereocenters. The molecule has 1 heterocycles. The number of carbonyl (C=O) groups excluding carboxylic acids is 1. The zero-order valence-electron chi connectivity index (χ0n) is 12.6. The number of nitrogens with one attached hydrogen (secondary N) is 2. The molecule has 0 saturated heterocycles. The second-order valence-electron chi connectivity index (χ2n) is 4.54. The minimum atomic E-state index is -0.295. The Morgan fingerprint density at radius 3 is 2.91 bits per heavy atom. The quantitative estimate of drug-likeness (QED) is 0.609. The van der Waals surface area contributed by atoms with Crippen molar-refractivity contribution >= 4 is 12.1 Å². The lowest BCUT2D eigenvalue weighted by Crippen LogP contribution is -2.17. The highest BCUT2D eigenvalue weighted by atomic mass is 16.5. The van der Waals surface area contributed by atoms with Gasteiger partial charge in [0.25, 0.3) is 5.91 Å². The number of amides is 1. The van der Waals surface area contributed by atoms with Crippen molar-refractivity contribution in [3.05, 3.63) is 47.8 Å². The molecule has 0 spiro atoms. The standard InChI is InChI=1S/C16H19N3O3/c1-3-9-22-14-7-6-12(10-15(14)21-2)11-18-19-16(20)13-5-4-8-17-13/h4-8,10-11,17H,3,9H2,1-2H3,(H,19,20)/b18-11-. The van der Waals surface area contributed by atoms with Gasteiger partial charge in [0, 0.05) is 6.20 Å². The van der Waals surface area contributed by atoms with Crippen molar-refractivity contribution in [3.8, 4) is 11.5 Å². The third-order valence-electron chi connectivity index (χ3n) is 2.87. The number of rotatable bonds is 7. The molecule has 6 heteroatoms. The van der Waals surface area contributed by atoms with Gasteiger partial charge in [-0.1, -0.05) is 6.92 Å². The van der Waals surface area contributed by atoms with Gasteiger partial charge in [0.05, 0.1) is 19.9 Å². The van der Waals surface area contributed by atoms with Crippen LogP contribution in [-0.4, -0.2) is 30.8 Å². The Kier molecular flexibility index (Phi) is 5.59. The van der Waals surface area contributed by atoms with Gasteiger partial charge in [0.1, 0.15) is 5.69 Å². The van der Waals surface area contributed by atoms with Gasteiger partial charge in [-0.2, -0.15) is 5.10 Å². The Labute approximate surface area is 129 Å². The van der Waals surface area contributed by atoms with Gasteiger partial charge in [-0.3, -0.25) is 4.79 Å². The van der Waals surface area contributed by atoms with Gasteiger partial charge in [-0.05, 0) is 42.3 Å². The van der Waals surface area contributed by atoms with Crippen LogP contribution in [0.25, 0.3) is 0 Å². The van der Waals surface area contributed by atoms with Crippen LogP contribution in [0.15, 0.2) is 41.6 Å². The summed E-state index contributed by atoms with van der Waals surface area (Å²) in [7, 11) is 1.59. The van der Waals surface area contributed by atoms with Crippen LogP contribution in [0.4, 0.5) is 0 Å². The molecule has 0 aliphatic rings. The number of H-pyrrole nitrogens is 1. The Bertz CT molecular complexity index is 636. The SMILES string of the molecule is CCCOc1ccc(/C=N\NC(=O)c2ccc[nH]2)cc1OC. The molecule has 6 nitrogen and oxygen atoms in total. The van der Waals surface area contributed by atoms with Crippen molar-refractivity contribution < 1.29 is 14.3 Å². The molecule has 0 saturated carbocycles. The molecular formula is C16H19N3O3. The lowest BCUT2D eigenvalue weighted by Gasteiger charge is -2.10. The average molecular weight is 301 g/mol. The summed E-state index contributed by atoms with van der Waals surface area (Å²) >= 11 is 0. The number of benzene rings is 1. The normalized spacial score (nSPS) is 10.6. The fourth-order valence-corrected chi connectivity index (χ4v) is 1.79. The third-order valence-corrected chi connectivity index (χ3v) is 2.87. The van der Waals surface area contributed by atoms with E-state index in [2.05, 4.69) is 15.5 Å². The fraction of sp³-hybridized carbons (Fsp3) is 0.250. The molecule has 1 aromatic carbocycles. The van der Waals surface area contributed by atoms with Crippen LogP contribution >= 0.6 is 0 Å². The molecule has 2 rings (SSSR count). The van der Waals surface area contributed by atoms with E-state index in [-0.39, 0.29) is 5.91 Å². The molecular weight excluding hydrogens is 282 g/mol. The van der Waals surface area contributed by atoms with Crippen molar-refractivity contribution in [1.82, 2.24) is 10.4 Å². The van der Waals surface area contributed by atoms with Crippen LogP contribution in [0, 0.1) is 0 Å². The van der Waals surface area contributed by atoms with E-state index in [1.807, 2.05) is 19.1 Å². The van der Waals surface area contributed by atoms with Crippen LogP contribution in [0.3, 0.4) is 0 Å². The summed E-state index contributed by atoms with van der Waals surface area (Å²) in [6.07, 6.45) is 4.16. The van der Waals surface area contributed by atoms with E-state index in [1.54, 1.807) is 37.7 Å². The number of ether oxygens (including phenoxy) is 2. The van der Waals surface area contributed by atoms with E-state index in [4.69, 9.17) is 9.47 Å². The van der Waals surface area contributed by atoms with Gasteiger partial charge in [0.15, 0.2) is 11.5 Å². The number of carbonyl (C=O) groups is 1. The first-order valence-corrected chi connectivity index (χ1v) is 7.02. The molecule has 116 valence electrons. The van der Waals surface area contributed by atoms with Crippen LogP contribution in [-0.2, 0) is 0 Å². The second kappa shape index (κ2) is 7.87. The number of aromatic nitrogens is 1. The Morgan fingerprint density at radius 2 is 2.23 bits per heavy atom. The predicted octanol–water partition coefficient (Wildman–Crippen LogP) is 2.58. The fourth-order valence-electron chi connectivity index (χ4n) is 1.79. The van der Waals surface area contributed by atoms with E-state index in [1.165, 1.54) is 0 Å². The number of hydrogen-bond donors (Lipinski definition) is 2. The molecule has 0 fully saturated rings. The van der Waals surface area contributed by atoms with E-state index >= 15 is 0 Å². The molecule has 0 aliphatic heterocycles. The van der Waals surface area contributed by atoms with Gasteiger partial charge >= 0.3 is 0 Å². The summed E-state index contributed by atoms with van der Waals surface area (Å²) in [4.78, 5) is 14.5. The van der Waals surface area contributed by atoms with Crippen molar-refractivity contribution in [2.45, 2.75) is 13.3 Å². The summed E-state index contributed by atoms with van der Waals surface area (Å²) < 4.78 is 10.9. The molecule has 0 radical (unpaired) electrons. The summed E-state index contributed by atoms with van der Waals surface area (Å²) in [6, 6.07) is 8.89. The van der Waals surface area contributed by atoms with Crippen molar-refractivity contribution in [1.29, 1.82) is 0 Å². The molecule has 0 bridgehead atoms.